The molecule has 20 heavy (non-hydrogen) atoms. The van der Waals surface area contributed by atoms with E-state index in [1.807, 2.05) is 0 Å². The zero-order valence-corrected chi connectivity index (χ0v) is 14.5. The van der Waals surface area contributed by atoms with Crippen molar-refractivity contribution in [2.45, 2.75) is 32.7 Å². The van der Waals surface area contributed by atoms with Crippen LogP contribution >= 0.6 is 15.9 Å². The molecule has 2 rings (SSSR count). The van der Waals surface area contributed by atoms with Gasteiger partial charge in [0.05, 0.1) is 11.6 Å². The van der Waals surface area contributed by atoms with E-state index in [-0.39, 0.29) is 0 Å². The average Bonchev–Trinajstić information content (AvgIpc) is 2.48. The second kappa shape index (κ2) is 6.35. The summed E-state index contributed by atoms with van der Waals surface area (Å²) in [5, 5.41) is 0. The Hall–Kier alpha value is -0.740. The molecule has 1 heterocycles. The van der Waals surface area contributed by atoms with Gasteiger partial charge in [0.2, 0.25) is 0 Å². The van der Waals surface area contributed by atoms with Crippen molar-refractivity contribution in [3.63, 3.8) is 0 Å². The Morgan fingerprint density at radius 2 is 1.85 bits per heavy atom. The number of ether oxygens (including phenoxy) is 1. The molecule has 1 fully saturated rings. The molecule has 1 aromatic carbocycles. The van der Waals surface area contributed by atoms with Crippen LogP contribution in [-0.2, 0) is 0 Å². The molecule has 3 nitrogen and oxygen atoms in total. The van der Waals surface area contributed by atoms with Gasteiger partial charge >= 0.3 is 0 Å². The lowest BCUT2D eigenvalue weighted by Gasteiger charge is -2.44. The lowest BCUT2D eigenvalue weighted by Crippen LogP contribution is -2.54. The molecular formula is C16H25BrN2O. The molecule has 1 aliphatic rings. The summed E-state index contributed by atoms with van der Waals surface area (Å²) in [6.07, 6.45) is 1.19. The Kier molecular flexibility index (Phi) is 4.97. The van der Waals surface area contributed by atoms with Gasteiger partial charge in [0.25, 0.3) is 0 Å². The van der Waals surface area contributed by atoms with Gasteiger partial charge in [-0.15, -0.1) is 0 Å². The predicted molar refractivity (Wildman–Crippen MR) is 88.9 cm³/mol. The van der Waals surface area contributed by atoms with E-state index in [0.717, 1.165) is 36.4 Å². The summed E-state index contributed by atoms with van der Waals surface area (Å²) < 4.78 is 6.39. The number of anilines is 1. The van der Waals surface area contributed by atoms with Crippen molar-refractivity contribution < 1.29 is 4.74 Å². The highest BCUT2D eigenvalue weighted by atomic mass is 79.9. The highest BCUT2D eigenvalue weighted by molar-refractivity contribution is 9.10. The molecule has 0 atom stereocenters. The first-order valence-electron chi connectivity index (χ1n) is 7.31. The third-order valence-corrected chi connectivity index (χ3v) is 5.16. The summed E-state index contributed by atoms with van der Waals surface area (Å²) in [6.45, 7) is 11.4. The third kappa shape index (κ3) is 3.29. The highest BCUT2D eigenvalue weighted by Gasteiger charge is 2.28. The first-order chi connectivity index (χ1) is 9.47. The highest BCUT2D eigenvalue weighted by Crippen LogP contribution is 2.31. The third-order valence-electron chi connectivity index (χ3n) is 4.50. The van der Waals surface area contributed by atoms with E-state index in [2.05, 4.69) is 64.7 Å². The van der Waals surface area contributed by atoms with Crippen molar-refractivity contribution in [2.24, 2.45) is 0 Å². The standard InChI is InChI=1S/C16H25BrN2O/c1-5-16(2,3)19-10-8-18(9-11-19)13-6-7-14(17)15(12-13)20-4/h6-7,12H,5,8-11H2,1-4H3. The van der Waals surface area contributed by atoms with Gasteiger partial charge in [0, 0.05) is 43.5 Å². The molecule has 0 bridgehead atoms. The smallest absolute Gasteiger partial charge is 0.135 e. The molecule has 4 heteroatoms. The molecule has 0 spiro atoms. The maximum Gasteiger partial charge on any atom is 0.135 e. The van der Waals surface area contributed by atoms with Gasteiger partial charge in [-0.1, -0.05) is 6.92 Å². The second-order valence-corrected chi connectivity index (χ2v) is 6.81. The van der Waals surface area contributed by atoms with Crippen LogP contribution < -0.4 is 9.64 Å². The lowest BCUT2D eigenvalue weighted by molar-refractivity contribution is 0.108. The number of hydrogen-bond acceptors (Lipinski definition) is 3. The quantitative estimate of drug-likeness (QED) is 0.829. The Labute approximate surface area is 131 Å². The van der Waals surface area contributed by atoms with E-state index in [1.165, 1.54) is 12.1 Å². The maximum atomic E-state index is 5.39. The van der Waals surface area contributed by atoms with Crippen molar-refractivity contribution in [3.8, 4) is 5.75 Å². The van der Waals surface area contributed by atoms with Crippen LogP contribution in [0.1, 0.15) is 27.2 Å². The summed E-state index contributed by atoms with van der Waals surface area (Å²) >= 11 is 3.51. The van der Waals surface area contributed by atoms with Crippen LogP contribution in [-0.4, -0.2) is 43.7 Å². The Morgan fingerprint density at radius 1 is 1.20 bits per heavy atom. The molecule has 0 amide bonds. The SMILES string of the molecule is CCC(C)(C)N1CCN(c2ccc(Br)c(OC)c2)CC1. The topological polar surface area (TPSA) is 15.7 Å². The monoisotopic (exact) mass is 340 g/mol. The van der Waals surface area contributed by atoms with Crippen LogP contribution in [0.15, 0.2) is 22.7 Å². The van der Waals surface area contributed by atoms with E-state index in [4.69, 9.17) is 4.74 Å². The van der Waals surface area contributed by atoms with Crippen LogP contribution in [0.5, 0.6) is 5.75 Å². The number of halogens is 1. The summed E-state index contributed by atoms with van der Waals surface area (Å²) in [7, 11) is 1.71. The van der Waals surface area contributed by atoms with Crippen molar-refractivity contribution >= 4 is 21.6 Å². The van der Waals surface area contributed by atoms with Gasteiger partial charge in [-0.3, -0.25) is 4.90 Å². The molecule has 0 N–H and O–H groups in total. The molecule has 0 radical (unpaired) electrons. The number of piperazine rings is 1. The molecule has 0 unspecified atom stereocenters. The minimum absolute atomic E-state index is 0.309. The minimum Gasteiger partial charge on any atom is -0.495 e. The van der Waals surface area contributed by atoms with E-state index < -0.39 is 0 Å². The number of rotatable bonds is 4. The van der Waals surface area contributed by atoms with E-state index >= 15 is 0 Å². The molecule has 1 saturated heterocycles. The van der Waals surface area contributed by atoms with Crippen LogP contribution in [0, 0.1) is 0 Å². The number of hydrogen-bond donors (Lipinski definition) is 0. The van der Waals surface area contributed by atoms with E-state index in [0.29, 0.717) is 5.54 Å². The molecule has 1 aromatic rings. The van der Waals surface area contributed by atoms with Crippen LogP contribution in [0.25, 0.3) is 0 Å². The first-order valence-corrected chi connectivity index (χ1v) is 8.11. The Morgan fingerprint density at radius 3 is 2.40 bits per heavy atom. The predicted octanol–water partition coefficient (Wildman–Crippen LogP) is 3.77. The van der Waals surface area contributed by atoms with Gasteiger partial charge in [0.1, 0.15) is 5.75 Å². The molecule has 1 aliphatic heterocycles. The molecule has 112 valence electrons. The Bertz CT molecular complexity index is 454. The zero-order valence-electron chi connectivity index (χ0n) is 12.9. The molecule has 0 aliphatic carbocycles. The first kappa shape index (κ1) is 15.6. The van der Waals surface area contributed by atoms with Crippen molar-refractivity contribution in [1.29, 1.82) is 0 Å². The fourth-order valence-corrected chi connectivity index (χ4v) is 3.05. The fourth-order valence-electron chi connectivity index (χ4n) is 2.64. The average molecular weight is 341 g/mol. The molecule has 0 aromatic heterocycles. The normalized spacial score (nSPS) is 17.4. The van der Waals surface area contributed by atoms with Crippen molar-refractivity contribution in [2.75, 3.05) is 38.2 Å². The summed E-state index contributed by atoms with van der Waals surface area (Å²) in [4.78, 5) is 5.04. The number of benzene rings is 1. The van der Waals surface area contributed by atoms with Crippen LogP contribution in [0.3, 0.4) is 0 Å². The van der Waals surface area contributed by atoms with E-state index in [1.54, 1.807) is 7.11 Å². The number of nitrogens with zero attached hydrogens (tertiary/aromatic N) is 2. The lowest BCUT2D eigenvalue weighted by atomic mass is 9.98. The molecular weight excluding hydrogens is 316 g/mol. The Balaban J connectivity index is 2.04. The maximum absolute atomic E-state index is 5.39. The summed E-state index contributed by atoms with van der Waals surface area (Å²) in [5.41, 5.74) is 1.56. The largest absolute Gasteiger partial charge is 0.495 e. The fraction of sp³-hybridized carbons (Fsp3) is 0.625. The van der Waals surface area contributed by atoms with E-state index in [9.17, 15) is 0 Å². The van der Waals surface area contributed by atoms with Gasteiger partial charge in [-0.25, -0.2) is 0 Å². The van der Waals surface area contributed by atoms with Gasteiger partial charge in [-0.2, -0.15) is 0 Å². The molecule has 0 saturated carbocycles. The zero-order chi connectivity index (χ0) is 14.8. The van der Waals surface area contributed by atoms with Crippen molar-refractivity contribution in [1.82, 2.24) is 4.90 Å². The van der Waals surface area contributed by atoms with Crippen LogP contribution in [0.2, 0.25) is 0 Å². The van der Waals surface area contributed by atoms with Crippen molar-refractivity contribution in [3.05, 3.63) is 22.7 Å². The second-order valence-electron chi connectivity index (χ2n) is 5.96. The van der Waals surface area contributed by atoms with Gasteiger partial charge in [0.15, 0.2) is 0 Å². The number of methoxy groups -OCH3 is 1. The minimum atomic E-state index is 0.309. The van der Waals surface area contributed by atoms with Gasteiger partial charge in [-0.05, 0) is 48.3 Å². The van der Waals surface area contributed by atoms with Gasteiger partial charge < -0.3 is 9.64 Å². The summed E-state index contributed by atoms with van der Waals surface area (Å²) in [6, 6.07) is 6.34. The summed E-state index contributed by atoms with van der Waals surface area (Å²) in [5.74, 6) is 0.902. The van der Waals surface area contributed by atoms with Crippen LogP contribution in [0.4, 0.5) is 5.69 Å².